The first-order valence-corrected chi connectivity index (χ1v) is 12.1. The van der Waals surface area contributed by atoms with Crippen molar-refractivity contribution in [2.45, 2.75) is 6.36 Å². The summed E-state index contributed by atoms with van der Waals surface area (Å²) in [7, 11) is 0. The van der Waals surface area contributed by atoms with E-state index in [0.717, 1.165) is 17.3 Å². The summed E-state index contributed by atoms with van der Waals surface area (Å²) < 4.78 is 44.3. The summed E-state index contributed by atoms with van der Waals surface area (Å²) in [4.78, 5) is 34.5. The molecule has 0 spiro atoms. The number of carbonyl (C=O) groups is 2. The van der Waals surface area contributed by atoms with E-state index in [2.05, 4.69) is 9.72 Å². The van der Waals surface area contributed by atoms with Gasteiger partial charge in [0, 0.05) is 49.4 Å². The third-order valence-corrected chi connectivity index (χ3v) is 6.63. The molecule has 2 aromatic carbocycles. The van der Waals surface area contributed by atoms with E-state index in [-0.39, 0.29) is 30.2 Å². The van der Waals surface area contributed by atoms with Crippen LogP contribution in [0, 0.1) is 0 Å². The van der Waals surface area contributed by atoms with Gasteiger partial charge < -0.3 is 19.4 Å². The Morgan fingerprint density at radius 2 is 1.67 bits per heavy atom. The molecular weight excluding hydrogens is 493 g/mol. The van der Waals surface area contributed by atoms with Gasteiger partial charge in [-0.05, 0) is 29.8 Å². The van der Waals surface area contributed by atoms with Gasteiger partial charge in [0.05, 0.1) is 11.2 Å². The van der Waals surface area contributed by atoms with Gasteiger partial charge in [0.25, 0.3) is 11.8 Å². The van der Waals surface area contributed by atoms with Gasteiger partial charge >= 0.3 is 6.36 Å². The first-order valence-electron chi connectivity index (χ1n) is 11.2. The lowest BCUT2D eigenvalue weighted by atomic mass is 10.1. The average molecular weight is 515 g/mol. The normalized spacial score (nSPS) is 15.6. The molecule has 0 N–H and O–H groups in total. The van der Waals surface area contributed by atoms with Crippen molar-refractivity contribution in [1.82, 2.24) is 14.8 Å². The van der Waals surface area contributed by atoms with E-state index in [1.54, 1.807) is 20.7 Å². The maximum atomic E-state index is 13.3. The van der Waals surface area contributed by atoms with Gasteiger partial charge in [-0.15, -0.1) is 24.5 Å². The summed E-state index contributed by atoms with van der Waals surface area (Å²) in [6.07, 6.45) is -1.17. The van der Waals surface area contributed by atoms with Crippen LogP contribution in [-0.2, 0) is 0 Å². The van der Waals surface area contributed by atoms with Crippen LogP contribution in [0.4, 0.5) is 24.5 Å². The summed E-state index contributed by atoms with van der Waals surface area (Å²) in [5.74, 6) is -1.08. The molecule has 0 radical (unpaired) electrons. The fraction of sp³-hybridized carbons (Fsp3) is 0.240. The Kier molecular flexibility index (Phi) is 6.40. The predicted molar refractivity (Wildman–Crippen MR) is 130 cm³/mol. The first-order chi connectivity index (χ1) is 17.3. The maximum absolute atomic E-state index is 13.3. The number of rotatable bonds is 4. The number of piperazine rings is 1. The number of ether oxygens (including phenoxy) is 1. The predicted octanol–water partition coefficient (Wildman–Crippen LogP) is 4.80. The minimum Gasteiger partial charge on any atom is -0.404 e. The van der Waals surface area contributed by atoms with Gasteiger partial charge in [-0.1, -0.05) is 30.4 Å². The number of aromatic nitrogens is 1. The number of hydrogen-bond acceptors (Lipinski definition) is 6. The highest BCUT2D eigenvalue weighted by Gasteiger charge is 2.34. The zero-order valence-corrected chi connectivity index (χ0v) is 19.8. The lowest BCUT2D eigenvalue weighted by Crippen LogP contribution is -2.50. The van der Waals surface area contributed by atoms with Crippen molar-refractivity contribution in [1.29, 1.82) is 0 Å². The highest BCUT2D eigenvalue weighted by atomic mass is 32.1. The lowest BCUT2D eigenvalue weighted by Gasteiger charge is -2.34. The molecule has 2 amide bonds. The van der Waals surface area contributed by atoms with E-state index in [4.69, 9.17) is 0 Å². The number of anilines is 2. The first kappa shape index (κ1) is 23.9. The Morgan fingerprint density at radius 1 is 0.944 bits per heavy atom. The number of fused-ring (bicyclic) bond motifs is 1. The molecule has 0 bridgehead atoms. The number of hydrogen-bond donors (Lipinski definition) is 0. The molecule has 3 aromatic rings. The third-order valence-electron chi connectivity index (χ3n) is 6.04. The van der Waals surface area contributed by atoms with E-state index < -0.39 is 18.0 Å². The van der Waals surface area contributed by atoms with Crippen molar-refractivity contribution in [3.05, 3.63) is 76.3 Å². The van der Waals surface area contributed by atoms with Gasteiger partial charge in [-0.25, -0.2) is 4.98 Å². The zero-order chi connectivity index (χ0) is 25.3. The van der Waals surface area contributed by atoms with Gasteiger partial charge in [0.15, 0.2) is 5.75 Å². The largest absolute Gasteiger partial charge is 0.573 e. The highest BCUT2D eigenvalue weighted by Crippen LogP contribution is 2.40. The molecular formula is C25H21F3N4O3S. The Labute approximate surface area is 209 Å². The summed E-state index contributed by atoms with van der Waals surface area (Å²) in [5, 5.41) is 1.67. The van der Waals surface area contributed by atoms with E-state index in [1.165, 1.54) is 28.4 Å². The molecule has 5 rings (SSSR count). The molecule has 0 aliphatic carbocycles. The van der Waals surface area contributed by atoms with Crippen LogP contribution in [0.2, 0.25) is 0 Å². The number of amides is 2. The minimum absolute atomic E-state index is 0.0816. The van der Waals surface area contributed by atoms with Crippen molar-refractivity contribution in [3.63, 3.8) is 0 Å². The maximum Gasteiger partial charge on any atom is 0.573 e. The van der Waals surface area contributed by atoms with Gasteiger partial charge in [-0.2, -0.15) is 0 Å². The summed E-state index contributed by atoms with van der Waals surface area (Å²) in [6.45, 7) is 1.49. The fourth-order valence-electron chi connectivity index (χ4n) is 4.34. The van der Waals surface area contributed by atoms with Gasteiger partial charge in [0.1, 0.15) is 5.69 Å². The van der Waals surface area contributed by atoms with Crippen molar-refractivity contribution >= 4 is 40.6 Å². The number of carbonyl (C=O) groups excluding carboxylic acids is 2. The number of thiazole rings is 1. The summed E-state index contributed by atoms with van der Waals surface area (Å²) in [5.41, 5.74) is 3.84. The van der Waals surface area contributed by atoms with Crippen LogP contribution in [0.25, 0.3) is 6.08 Å². The van der Waals surface area contributed by atoms with E-state index in [9.17, 15) is 22.8 Å². The van der Waals surface area contributed by atoms with Crippen LogP contribution >= 0.6 is 11.3 Å². The number of halogens is 3. The smallest absolute Gasteiger partial charge is 0.404 e. The number of benzene rings is 2. The van der Waals surface area contributed by atoms with E-state index in [0.29, 0.717) is 25.3 Å². The van der Waals surface area contributed by atoms with Crippen LogP contribution < -0.4 is 9.64 Å². The average Bonchev–Trinajstić information content (AvgIpc) is 3.42. The van der Waals surface area contributed by atoms with Crippen molar-refractivity contribution in [2.24, 2.45) is 0 Å². The second-order valence-corrected chi connectivity index (χ2v) is 8.98. The second-order valence-electron chi connectivity index (χ2n) is 8.26. The summed E-state index contributed by atoms with van der Waals surface area (Å²) in [6, 6.07) is 11.5. The Morgan fingerprint density at radius 3 is 2.36 bits per heavy atom. The Bertz CT molecular complexity index is 1300. The molecule has 0 unspecified atom stereocenters. The highest BCUT2D eigenvalue weighted by molar-refractivity contribution is 7.07. The summed E-state index contributed by atoms with van der Waals surface area (Å²) >= 11 is 1.33. The van der Waals surface area contributed by atoms with Crippen molar-refractivity contribution in [3.8, 4) is 5.75 Å². The van der Waals surface area contributed by atoms with Gasteiger partial charge in [0.2, 0.25) is 0 Å². The minimum atomic E-state index is -4.93. The van der Waals surface area contributed by atoms with Crippen LogP contribution in [0.1, 0.15) is 26.4 Å². The molecule has 0 atom stereocenters. The topological polar surface area (TPSA) is 66.0 Å². The number of nitrogens with zero attached hydrogens (tertiary/aromatic N) is 4. The molecule has 0 saturated carbocycles. The van der Waals surface area contributed by atoms with Crippen LogP contribution in [-0.4, -0.2) is 65.7 Å². The molecule has 186 valence electrons. The van der Waals surface area contributed by atoms with E-state index >= 15 is 0 Å². The Hall–Kier alpha value is -3.86. The molecule has 1 saturated heterocycles. The van der Waals surface area contributed by atoms with Crippen molar-refractivity contribution < 1.29 is 27.5 Å². The van der Waals surface area contributed by atoms with Gasteiger partial charge in [-0.3, -0.25) is 9.59 Å². The molecule has 3 heterocycles. The lowest BCUT2D eigenvalue weighted by molar-refractivity contribution is -0.274. The molecule has 2 aliphatic heterocycles. The number of para-hydroxylation sites is 1. The molecule has 36 heavy (non-hydrogen) atoms. The number of alkyl halides is 3. The fourth-order valence-corrected chi connectivity index (χ4v) is 4.86. The SMILES string of the molecule is O=C(c1ccc(N2CC=Cc3ccccc32)c(OC(F)(F)F)c1)N1CCN(C(=O)c2cscn2)CC1. The molecule has 7 nitrogen and oxygen atoms in total. The van der Waals surface area contributed by atoms with Crippen LogP contribution in [0.15, 0.2) is 59.4 Å². The standard InChI is InChI=1S/C25H21F3N4O3S/c26-25(27,28)35-22-14-18(7-8-21(22)32-9-3-5-17-4-1-2-6-20(17)32)23(33)30-10-12-31(13-11-30)24(34)19-15-36-16-29-19/h1-8,14-16H,9-13H2. The van der Waals surface area contributed by atoms with Crippen LogP contribution in [0.3, 0.4) is 0 Å². The third kappa shape index (κ3) is 4.92. The second kappa shape index (κ2) is 9.65. The molecule has 11 heteroatoms. The molecule has 2 aliphatic rings. The quantitative estimate of drug-likeness (QED) is 0.500. The Balaban J connectivity index is 1.37. The zero-order valence-electron chi connectivity index (χ0n) is 18.9. The molecule has 1 aromatic heterocycles. The van der Waals surface area contributed by atoms with Crippen molar-refractivity contribution in [2.75, 3.05) is 37.6 Å². The van der Waals surface area contributed by atoms with E-state index in [1.807, 2.05) is 36.4 Å². The monoisotopic (exact) mass is 514 g/mol. The van der Waals surface area contributed by atoms with Crippen LogP contribution in [0.5, 0.6) is 5.75 Å². The molecule has 1 fully saturated rings.